The summed E-state index contributed by atoms with van der Waals surface area (Å²) in [6.07, 6.45) is 0.119. The maximum atomic E-state index is 11.8. The van der Waals surface area contributed by atoms with E-state index in [0.717, 1.165) is 0 Å². The Bertz CT molecular complexity index is 842. The number of ether oxygens (including phenoxy) is 1. The summed E-state index contributed by atoms with van der Waals surface area (Å²) < 4.78 is 7.11. The van der Waals surface area contributed by atoms with E-state index >= 15 is 0 Å². The van der Waals surface area contributed by atoms with Gasteiger partial charge in [0, 0.05) is 26.8 Å². The van der Waals surface area contributed by atoms with Gasteiger partial charge in [-0.05, 0) is 18.6 Å². The van der Waals surface area contributed by atoms with Gasteiger partial charge in [0.15, 0.2) is 17.4 Å². The zero-order chi connectivity index (χ0) is 17.6. The van der Waals surface area contributed by atoms with E-state index in [0.29, 0.717) is 29.9 Å². The average Bonchev–Trinajstić information content (AvgIpc) is 2.99. The van der Waals surface area contributed by atoms with Crippen LogP contribution >= 0.6 is 0 Å². The highest BCUT2D eigenvalue weighted by molar-refractivity contribution is 6.00. The van der Waals surface area contributed by atoms with Crippen LogP contribution in [-0.2, 0) is 20.9 Å². The van der Waals surface area contributed by atoms with Crippen molar-refractivity contribution in [3.8, 4) is 0 Å². The van der Waals surface area contributed by atoms with E-state index in [9.17, 15) is 20.0 Å². The number of quaternary nitrogens is 1. The molecule has 1 aromatic carbocycles. The molecule has 128 valence electrons. The van der Waals surface area contributed by atoms with Crippen molar-refractivity contribution in [3.63, 3.8) is 0 Å². The fourth-order valence-electron chi connectivity index (χ4n) is 3.12. The standard InChI is InChI=1S/C15H18N4O5/c1-7-6-10-13(14(19(22)23)12(7)16-8(2)20)17-15-11(24-9(3)21)4-5-18(10)15/h6,11,19,22H,4-5H2,1-3H3,(H,16,20). The van der Waals surface area contributed by atoms with Crippen LogP contribution < -0.4 is 10.5 Å². The topological polar surface area (TPSA) is 121 Å². The fourth-order valence-corrected chi connectivity index (χ4v) is 3.12. The summed E-state index contributed by atoms with van der Waals surface area (Å²) >= 11 is 0. The molecule has 3 N–H and O–H groups in total. The molecule has 0 bridgehead atoms. The summed E-state index contributed by atoms with van der Waals surface area (Å²) in [7, 11) is 0. The lowest BCUT2D eigenvalue weighted by Crippen LogP contribution is -2.99. The minimum Gasteiger partial charge on any atom is -0.595 e. The zero-order valence-corrected chi connectivity index (χ0v) is 13.5. The second-order valence-electron chi connectivity index (χ2n) is 5.81. The average molecular weight is 334 g/mol. The van der Waals surface area contributed by atoms with Gasteiger partial charge in [-0.15, -0.1) is 0 Å². The number of hydrogen-bond acceptors (Lipinski definition) is 6. The lowest BCUT2D eigenvalue weighted by Gasteiger charge is -2.18. The largest absolute Gasteiger partial charge is 0.595 e. The first-order valence-electron chi connectivity index (χ1n) is 7.51. The lowest BCUT2D eigenvalue weighted by atomic mass is 10.1. The number of aryl methyl sites for hydroxylation is 2. The van der Waals surface area contributed by atoms with Crippen LogP contribution in [0.1, 0.15) is 37.8 Å². The summed E-state index contributed by atoms with van der Waals surface area (Å²) in [5.41, 5.74) is 1.76. The Morgan fingerprint density at radius 2 is 2.21 bits per heavy atom. The van der Waals surface area contributed by atoms with Crippen molar-refractivity contribution in [2.24, 2.45) is 0 Å². The summed E-state index contributed by atoms with van der Waals surface area (Å²) in [6.45, 7) is 4.96. The van der Waals surface area contributed by atoms with Gasteiger partial charge >= 0.3 is 5.97 Å². The number of fused-ring (bicyclic) bond motifs is 3. The third-order valence-electron chi connectivity index (χ3n) is 4.00. The molecular formula is C15H18N4O5. The Kier molecular flexibility index (Phi) is 3.99. The summed E-state index contributed by atoms with van der Waals surface area (Å²) in [4.78, 5) is 27.0. The van der Waals surface area contributed by atoms with Crippen molar-refractivity contribution in [1.29, 1.82) is 0 Å². The maximum absolute atomic E-state index is 11.8. The molecule has 1 aliphatic heterocycles. The zero-order valence-electron chi connectivity index (χ0n) is 13.5. The van der Waals surface area contributed by atoms with Gasteiger partial charge in [-0.25, -0.2) is 10.2 Å². The first kappa shape index (κ1) is 16.4. The Balaban J connectivity index is 2.22. The van der Waals surface area contributed by atoms with Gasteiger partial charge in [-0.1, -0.05) is 0 Å². The third kappa shape index (κ3) is 2.62. The molecular weight excluding hydrogens is 316 g/mol. The minimum atomic E-state index is -1.17. The van der Waals surface area contributed by atoms with E-state index in [2.05, 4.69) is 10.3 Å². The Hall–Kier alpha value is -2.49. The van der Waals surface area contributed by atoms with Crippen molar-refractivity contribution in [1.82, 2.24) is 9.55 Å². The third-order valence-corrected chi connectivity index (χ3v) is 4.00. The number of carbonyl (C=O) groups excluding carboxylic acids is 2. The molecule has 2 aromatic rings. The Morgan fingerprint density at radius 1 is 1.50 bits per heavy atom. The number of rotatable bonds is 3. The first-order chi connectivity index (χ1) is 11.3. The minimum absolute atomic E-state index is 0.0522. The molecule has 3 rings (SSSR count). The van der Waals surface area contributed by atoms with Gasteiger partial charge < -0.3 is 19.8 Å². The fraction of sp³-hybridized carbons (Fsp3) is 0.400. The van der Waals surface area contributed by atoms with E-state index in [-0.39, 0.29) is 22.8 Å². The van der Waals surface area contributed by atoms with E-state index in [1.165, 1.54) is 13.8 Å². The van der Waals surface area contributed by atoms with Crippen LogP contribution in [0.25, 0.3) is 11.0 Å². The number of benzene rings is 1. The molecule has 0 saturated heterocycles. The number of esters is 1. The molecule has 1 aliphatic rings. The molecule has 2 unspecified atom stereocenters. The molecule has 2 atom stereocenters. The number of aromatic nitrogens is 2. The van der Waals surface area contributed by atoms with Crippen molar-refractivity contribution in [2.75, 3.05) is 5.32 Å². The normalized spacial score (nSPS) is 17.6. The number of carbonyl (C=O) groups is 2. The van der Waals surface area contributed by atoms with E-state index < -0.39 is 17.3 Å². The van der Waals surface area contributed by atoms with Crippen LogP contribution in [0, 0.1) is 12.1 Å². The Labute approximate surface area is 137 Å². The monoisotopic (exact) mass is 334 g/mol. The maximum Gasteiger partial charge on any atom is 0.303 e. The van der Waals surface area contributed by atoms with Gasteiger partial charge in [-0.2, -0.15) is 5.23 Å². The number of imidazole rings is 1. The van der Waals surface area contributed by atoms with Crippen LogP contribution in [0.4, 0.5) is 11.4 Å². The smallest absolute Gasteiger partial charge is 0.303 e. The Morgan fingerprint density at radius 3 is 2.79 bits per heavy atom. The van der Waals surface area contributed by atoms with Gasteiger partial charge in [0.2, 0.25) is 11.6 Å². The highest BCUT2D eigenvalue weighted by Crippen LogP contribution is 2.38. The predicted octanol–water partition coefficient (Wildman–Crippen LogP) is 0.714. The molecule has 0 radical (unpaired) electrons. The van der Waals surface area contributed by atoms with Crippen LogP contribution in [0.5, 0.6) is 0 Å². The van der Waals surface area contributed by atoms with Crippen LogP contribution in [0.2, 0.25) is 0 Å². The van der Waals surface area contributed by atoms with Gasteiger partial charge in [0.1, 0.15) is 5.69 Å². The first-order valence-corrected chi connectivity index (χ1v) is 7.51. The van der Waals surface area contributed by atoms with Crippen LogP contribution in [0.15, 0.2) is 6.07 Å². The molecule has 0 aliphatic carbocycles. The molecule has 0 saturated carbocycles. The van der Waals surface area contributed by atoms with Crippen molar-refractivity contribution >= 4 is 34.3 Å². The quantitative estimate of drug-likeness (QED) is 0.561. The van der Waals surface area contributed by atoms with Crippen LogP contribution in [-0.4, -0.2) is 26.6 Å². The second kappa shape index (κ2) is 5.86. The SMILES string of the molecule is CC(=O)Nc1c(C)cc2c(nc3n2CCC3OC(C)=O)c1[NH+]([O-])O. The molecule has 9 heteroatoms. The molecule has 0 spiro atoms. The van der Waals surface area contributed by atoms with Crippen molar-refractivity contribution in [2.45, 2.75) is 39.8 Å². The van der Waals surface area contributed by atoms with E-state index in [1.807, 2.05) is 4.57 Å². The number of nitrogens with zero attached hydrogens (tertiary/aromatic N) is 2. The molecule has 1 amide bonds. The number of anilines is 1. The van der Waals surface area contributed by atoms with Gasteiger partial charge in [0.05, 0.1) is 5.52 Å². The molecule has 9 nitrogen and oxygen atoms in total. The van der Waals surface area contributed by atoms with Crippen LogP contribution in [0.3, 0.4) is 0 Å². The van der Waals surface area contributed by atoms with E-state index in [1.54, 1.807) is 13.0 Å². The second-order valence-corrected chi connectivity index (χ2v) is 5.81. The van der Waals surface area contributed by atoms with Crippen molar-refractivity contribution in [3.05, 3.63) is 22.7 Å². The summed E-state index contributed by atoms with van der Waals surface area (Å²) in [5, 5.41) is 22.8. The molecule has 0 fully saturated rings. The number of nitrogens with one attached hydrogen (secondary N) is 2. The lowest BCUT2D eigenvalue weighted by molar-refractivity contribution is -0.990. The number of amides is 1. The highest BCUT2D eigenvalue weighted by Gasteiger charge is 2.32. The molecule has 2 heterocycles. The number of hydrogen-bond donors (Lipinski definition) is 3. The summed E-state index contributed by atoms with van der Waals surface area (Å²) in [6, 6.07) is 1.79. The predicted molar refractivity (Wildman–Crippen MR) is 83.7 cm³/mol. The van der Waals surface area contributed by atoms with Gasteiger partial charge in [0.25, 0.3) is 0 Å². The molecule has 24 heavy (non-hydrogen) atoms. The van der Waals surface area contributed by atoms with Crippen molar-refractivity contribution < 1.29 is 24.8 Å². The summed E-state index contributed by atoms with van der Waals surface area (Å²) in [5.74, 6) is -0.236. The molecule has 1 aromatic heterocycles. The van der Waals surface area contributed by atoms with E-state index in [4.69, 9.17) is 4.74 Å². The highest BCUT2D eigenvalue weighted by atomic mass is 16.8. The van der Waals surface area contributed by atoms with Gasteiger partial charge in [-0.3, -0.25) is 9.59 Å².